The Hall–Kier alpha value is -2.08. The lowest BCUT2D eigenvalue weighted by Crippen LogP contribution is -2.14. The van der Waals surface area contributed by atoms with Crippen molar-refractivity contribution in [2.24, 2.45) is 0 Å². The summed E-state index contributed by atoms with van der Waals surface area (Å²) in [6.07, 6.45) is 1.64. The molecule has 0 aliphatic carbocycles. The highest BCUT2D eigenvalue weighted by molar-refractivity contribution is 7.99. The molecule has 1 heterocycles. The first-order valence-electron chi connectivity index (χ1n) is 6.02. The number of carboxylic acids is 1. The van der Waals surface area contributed by atoms with Gasteiger partial charge in [-0.2, -0.15) is 4.98 Å². The second-order valence-corrected chi connectivity index (χ2v) is 5.29. The average Bonchev–Trinajstić information content (AvgIpc) is 2.41. The van der Waals surface area contributed by atoms with E-state index >= 15 is 0 Å². The van der Waals surface area contributed by atoms with Crippen LogP contribution in [-0.4, -0.2) is 26.4 Å². The van der Waals surface area contributed by atoms with Crippen molar-refractivity contribution in [1.82, 2.24) is 9.55 Å². The highest BCUT2D eigenvalue weighted by atomic mass is 32.2. The summed E-state index contributed by atoms with van der Waals surface area (Å²) >= 11 is 1.04. The Kier molecular flexibility index (Phi) is 4.57. The van der Waals surface area contributed by atoms with E-state index in [1.807, 2.05) is 31.2 Å². The first-order valence-corrected chi connectivity index (χ1v) is 7.01. The minimum atomic E-state index is -0.935. The Bertz CT molecular complexity index is 665. The van der Waals surface area contributed by atoms with Gasteiger partial charge in [-0.1, -0.05) is 41.6 Å². The molecule has 0 spiro atoms. The number of aromatic nitrogens is 2. The van der Waals surface area contributed by atoms with Crippen LogP contribution in [0.25, 0.3) is 0 Å². The van der Waals surface area contributed by atoms with Crippen LogP contribution in [0.3, 0.4) is 0 Å². The predicted octanol–water partition coefficient (Wildman–Crippen LogP) is 1.78. The second kappa shape index (κ2) is 6.38. The Morgan fingerprint density at radius 2 is 2.00 bits per heavy atom. The number of carboxylic acid groups (broad SMARTS) is 1. The molecule has 5 nitrogen and oxygen atoms in total. The lowest BCUT2D eigenvalue weighted by atomic mass is 10.1. The minimum absolute atomic E-state index is 0.121. The molecule has 1 N–H and O–H groups in total. The maximum Gasteiger partial charge on any atom is 0.313 e. The van der Waals surface area contributed by atoms with Crippen LogP contribution in [-0.2, 0) is 11.3 Å². The molecule has 0 saturated heterocycles. The van der Waals surface area contributed by atoms with Gasteiger partial charge in [-0.3, -0.25) is 9.59 Å². The van der Waals surface area contributed by atoms with Crippen molar-refractivity contribution < 1.29 is 9.90 Å². The lowest BCUT2D eigenvalue weighted by molar-refractivity contribution is -0.133. The monoisotopic (exact) mass is 290 g/mol. The number of hydrogen-bond donors (Lipinski definition) is 1. The third kappa shape index (κ3) is 3.96. The van der Waals surface area contributed by atoms with Crippen LogP contribution in [0.2, 0.25) is 0 Å². The molecule has 0 atom stereocenters. The van der Waals surface area contributed by atoms with E-state index < -0.39 is 5.97 Å². The maximum absolute atomic E-state index is 11.3. The fourth-order valence-electron chi connectivity index (χ4n) is 1.67. The van der Waals surface area contributed by atoms with Crippen molar-refractivity contribution in [2.45, 2.75) is 18.6 Å². The zero-order chi connectivity index (χ0) is 14.5. The van der Waals surface area contributed by atoms with Crippen molar-refractivity contribution in [3.8, 4) is 0 Å². The molecule has 20 heavy (non-hydrogen) atoms. The van der Waals surface area contributed by atoms with E-state index in [0.29, 0.717) is 11.7 Å². The Morgan fingerprint density at radius 3 is 2.65 bits per heavy atom. The van der Waals surface area contributed by atoms with Gasteiger partial charge in [-0.05, 0) is 12.5 Å². The molecule has 0 aliphatic rings. The summed E-state index contributed by atoms with van der Waals surface area (Å²) in [4.78, 5) is 25.8. The number of carbonyl (C=O) groups is 1. The first-order chi connectivity index (χ1) is 9.54. The number of benzene rings is 1. The Labute approximate surface area is 120 Å². The van der Waals surface area contributed by atoms with Gasteiger partial charge < -0.3 is 9.67 Å². The van der Waals surface area contributed by atoms with E-state index in [9.17, 15) is 9.59 Å². The van der Waals surface area contributed by atoms with E-state index in [0.717, 1.165) is 17.3 Å². The van der Waals surface area contributed by atoms with Crippen LogP contribution in [0.1, 0.15) is 11.1 Å². The molecule has 0 amide bonds. The fourth-order valence-corrected chi connectivity index (χ4v) is 2.36. The van der Waals surface area contributed by atoms with E-state index in [1.165, 1.54) is 11.6 Å². The molecule has 2 rings (SSSR count). The van der Waals surface area contributed by atoms with Crippen LogP contribution in [0.4, 0.5) is 0 Å². The minimum Gasteiger partial charge on any atom is -0.481 e. The highest BCUT2D eigenvalue weighted by Crippen LogP contribution is 2.15. The van der Waals surface area contributed by atoms with Crippen LogP contribution in [0.5, 0.6) is 0 Å². The third-order valence-corrected chi connectivity index (χ3v) is 3.62. The van der Waals surface area contributed by atoms with E-state index in [4.69, 9.17) is 5.11 Å². The van der Waals surface area contributed by atoms with Gasteiger partial charge in [0.05, 0.1) is 5.75 Å². The molecule has 0 radical (unpaired) electrons. The fraction of sp³-hybridized carbons (Fsp3) is 0.214. The van der Waals surface area contributed by atoms with E-state index in [1.54, 1.807) is 10.8 Å². The zero-order valence-electron chi connectivity index (χ0n) is 10.9. The Balaban J connectivity index is 2.23. The van der Waals surface area contributed by atoms with Gasteiger partial charge in [0, 0.05) is 18.8 Å². The summed E-state index contributed by atoms with van der Waals surface area (Å²) < 4.78 is 1.78. The van der Waals surface area contributed by atoms with Gasteiger partial charge in [-0.25, -0.2) is 0 Å². The third-order valence-electron chi connectivity index (χ3n) is 2.65. The number of nitrogens with zero attached hydrogens (tertiary/aromatic N) is 2. The summed E-state index contributed by atoms with van der Waals surface area (Å²) in [7, 11) is 0. The summed E-state index contributed by atoms with van der Waals surface area (Å²) in [5.41, 5.74) is 1.88. The topological polar surface area (TPSA) is 72.2 Å². The summed E-state index contributed by atoms with van der Waals surface area (Å²) in [5, 5.41) is 9.14. The lowest BCUT2D eigenvalue weighted by Gasteiger charge is -2.11. The quantitative estimate of drug-likeness (QED) is 0.671. The number of rotatable bonds is 5. The van der Waals surface area contributed by atoms with Crippen LogP contribution < -0.4 is 5.56 Å². The van der Waals surface area contributed by atoms with Gasteiger partial charge in [-0.15, -0.1) is 0 Å². The van der Waals surface area contributed by atoms with Gasteiger partial charge >= 0.3 is 5.97 Å². The van der Waals surface area contributed by atoms with Crippen molar-refractivity contribution in [1.29, 1.82) is 0 Å². The maximum atomic E-state index is 11.3. The molecular formula is C14H14N2O3S. The molecule has 1 aromatic heterocycles. The number of aryl methyl sites for hydroxylation is 1. The molecule has 0 unspecified atom stereocenters. The number of aliphatic carboxylic acids is 1. The molecule has 0 bridgehead atoms. The molecule has 0 saturated carbocycles. The summed E-state index contributed by atoms with van der Waals surface area (Å²) in [5.74, 6) is -1.06. The normalized spacial score (nSPS) is 10.4. The average molecular weight is 290 g/mol. The number of thioether (sulfide) groups is 1. The molecule has 0 aliphatic heterocycles. The van der Waals surface area contributed by atoms with E-state index in [2.05, 4.69) is 4.98 Å². The van der Waals surface area contributed by atoms with Gasteiger partial charge in [0.15, 0.2) is 5.16 Å². The van der Waals surface area contributed by atoms with Crippen molar-refractivity contribution in [3.05, 3.63) is 58.0 Å². The molecule has 2 aromatic rings. The second-order valence-electron chi connectivity index (χ2n) is 4.34. The zero-order valence-corrected chi connectivity index (χ0v) is 11.8. The van der Waals surface area contributed by atoms with Gasteiger partial charge in [0.1, 0.15) is 0 Å². The van der Waals surface area contributed by atoms with Crippen LogP contribution in [0, 0.1) is 6.92 Å². The number of hydrogen-bond acceptors (Lipinski definition) is 4. The SMILES string of the molecule is Cc1ccc(Cn2ccc(=O)nc2SCC(=O)O)cc1. The largest absolute Gasteiger partial charge is 0.481 e. The molecule has 1 aromatic carbocycles. The van der Waals surface area contributed by atoms with Gasteiger partial charge in [0.2, 0.25) is 0 Å². The van der Waals surface area contributed by atoms with Crippen molar-refractivity contribution in [3.63, 3.8) is 0 Å². The highest BCUT2D eigenvalue weighted by Gasteiger charge is 2.07. The smallest absolute Gasteiger partial charge is 0.313 e. The van der Waals surface area contributed by atoms with Crippen molar-refractivity contribution >= 4 is 17.7 Å². The summed E-state index contributed by atoms with van der Waals surface area (Å²) in [6.45, 7) is 2.56. The molecule has 104 valence electrons. The van der Waals surface area contributed by atoms with Crippen molar-refractivity contribution in [2.75, 3.05) is 5.75 Å². The predicted molar refractivity (Wildman–Crippen MR) is 77.1 cm³/mol. The standard InChI is InChI=1S/C14H14N2O3S/c1-10-2-4-11(5-3-10)8-16-7-6-12(17)15-14(16)20-9-13(18)19/h2-7H,8-9H2,1H3,(H,18,19). The first kappa shape index (κ1) is 14.3. The van der Waals surface area contributed by atoms with Gasteiger partial charge in [0.25, 0.3) is 5.56 Å². The Morgan fingerprint density at radius 1 is 1.30 bits per heavy atom. The van der Waals surface area contributed by atoms with Crippen LogP contribution in [0.15, 0.2) is 46.5 Å². The van der Waals surface area contributed by atoms with Crippen LogP contribution >= 0.6 is 11.8 Å². The summed E-state index contributed by atoms with van der Waals surface area (Å²) in [6, 6.07) is 9.39. The molecular weight excluding hydrogens is 276 g/mol. The molecule has 6 heteroatoms. The van der Waals surface area contributed by atoms with E-state index in [-0.39, 0.29) is 11.3 Å². The molecule has 0 fully saturated rings.